The lowest BCUT2D eigenvalue weighted by Crippen LogP contribution is -2.31. The number of carboxylic acid groups (broad SMARTS) is 1. The van der Waals surface area contributed by atoms with Crippen molar-refractivity contribution in [2.45, 2.75) is 25.8 Å². The van der Waals surface area contributed by atoms with E-state index in [0.29, 0.717) is 6.54 Å². The zero-order chi connectivity index (χ0) is 13.1. The van der Waals surface area contributed by atoms with Crippen LogP contribution in [0, 0.1) is 5.92 Å². The first kappa shape index (κ1) is 12.6. The van der Waals surface area contributed by atoms with Gasteiger partial charge >= 0.3 is 5.97 Å². The van der Waals surface area contributed by atoms with E-state index >= 15 is 0 Å². The molecule has 1 aromatic rings. The molecule has 2 atom stereocenters. The molecule has 4 nitrogen and oxygen atoms in total. The Bertz CT molecular complexity index is 444. The number of nitrogens with zero attached hydrogens (tertiary/aromatic N) is 1. The van der Waals surface area contributed by atoms with Crippen molar-refractivity contribution in [1.82, 2.24) is 4.90 Å². The maximum absolute atomic E-state index is 11.9. The van der Waals surface area contributed by atoms with Crippen molar-refractivity contribution in [1.29, 1.82) is 0 Å². The van der Waals surface area contributed by atoms with Crippen LogP contribution in [0.1, 0.15) is 31.4 Å². The van der Waals surface area contributed by atoms with Crippen molar-refractivity contribution < 1.29 is 14.7 Å². The fourth-order valence-corrected chi connectivity index (χ4v) is 2.58. The van der Waals surface area contributed by atoms with Crippen LogP contribution in [0.2, 0.25) is 0 Å². The summed E-state index contributed by atoms with van der Waals surface area (Å²) in [6, 6.07) is 9.10. The fourth-order valence-electron chi connectivity index (χ4n) is 2.58. The summed E-state index contributed by atoms with van der Waals surface area (Å²) in [7, 11) is 0. The summed E-state index contributed by atoms with van der Waals surface area (Å²) in [5.41, 5.74) is 0.907. The molecule has 0 aromatic heterocycles. The Kier molecular flexibility index (Phi) is 3.65. The first-order valence-corrected chi connectivity index (χ1v) is 6.22. The van der Waals surface area contributed by atoms with Crippen molar-refractivity contribution in [2.24, 2.45) is 5.92 Å². The standard InChI is InChI=1S/C14H17NO3/c1-2-8-15-12(16)9-11(14(17)18)13(15)10-6-4-3-5-7-10/h3-7,11,13H,2,8-9H2,1H3,(H,17,18)/t11-,13-/m0/s1. The minimum absolute atomic E-state index is 0.0573. The fraction of sp³-hybridized carbons (Fsp3) is 0.429. The number of rotatable bonds is 4. The maximum atomic E-state index is 11.9. The molecule has 1 aliphatic heterocycles. The largest absolute Gasteiger partial charge is 0.481 e. The van der Waals surface area contributed by atoms with E-state index in [9.17, 15) is 14.7 Å². The summed E-state index contributed by atoms with van der Waals surface area (Å²) in [6.07, 6.45) is 0.941. The molecule has 0 aliphatic carbocycles. The third-order valence-electron chi connectivity index (χ3n) is 3.35. The van der Waals surface area contributed by atoms with E-state index in [1.54, 1.807) is 4.90 Å². The molecule has 18 heavy (non-hydrogen) atoms. The molecule has 1 saturated heterocycles. The molecular formula is C14H17NO3. The van der Waals surface area contributed by atoms with Crippen molar-refractivity contribution in [3.8, 4) is 0 Å². The molecule has 4 heteroatoms. The summed E-state index contributed by atoms with van der Waals surface area (Å²) < 4.78 is 0. The maximum Gasteiger partial charge on any atom is 0.309 e. The highest BCUT2D eigenvalue weighted by atomic mass is 16.4. The van der Waals surface area contributed by atoms with Gasteiger partial charge in [0.1, 0.15) is 0 Å². The summed E-state index contributed by atoms with van der Waals surface area (Å²) in [6.45, 7) is 2.60. The number of carbonyl (C=O) groups excluding carboxylic acids is 1. The average Bonchev–Trinajstić information content (AvgIpc) is 2.69. The second-order valence-electron chi connectivity index (χ2n) is 4.59. The molecule has 0 radical (unpaired) electrons. The van der Waals surface area contributed by atoms with Crippen LogP contribution >= 0.6 is 0 Å². The van der Waals surface area contributed by atoms with Gasteiger partial charge in [-0.05, 0) is 12.0 Å². The molecule has 1 aliphatic rings. The van der Waals surface area contributed by atoms with Crippen LogP contribution < -0.4 is 0 Å². The molecule has 0 saturated carbocycles. The Hall–Kier alpha value is -1.84. The summed E-state index contributed by atoms with van der Waals surface area (Å²) in [5, 5.41) is 9.27. The summed E-state index contributed by atoms with van der Waals surface area (Å²) >= 11 is 0. The number of amides is 1. The van der Waals surface area contributed by atoms with Crippen LogP contribution in [-0.2, 0) is 9.59 Å². The van der Waals surface area contributed by atoms with Gasteiger partial charge in [0, 0.05) is 13.0 Å². The zero-order valence-electron chi connectivity index (χ0n) is 10.4. The molecule has 1 amide bonds. The van der Waals surface area contributed by atoms with Gasteiger partial charge in [-0.1, -0.05) is 37.3 Å². The number of hydrogen-bond acceptors (Lipinski definition) is 2. The van der Waals surface area contributed by atoms with Crippen molar-refractivity contribution in [3.63, 3.8) is 0 Å². The van der Waals surface area contributed by atoms with Crippen molar-refractivity contribution >= 4 is 11.9 Å². The third-order valence-corrected chi connectivity index (χ3v) is 3.35. The number of benzene rings is 1. The van der Waals surface area contributed by atoms with Crippen molar-refractivity contribution in [3.05, 3.63) is 35.9 Å². The Morgan fingerprint density at radius 3 is 2.61 bits per heavy atom. The Morgan fingerprint density at radius 2 is 2.06 bits per heavy atom. The van der Waals surface area contributed by atoms with Gasteiger partial charge in [-0.15, -0.1) is 0 Å². The SMILES string of the molecule is CCCN1C(=O)C[C@H](C(=O)O)[C@@H]1c1ccccc1. The Labute approximate surface area is 106 Å². The predicted octanol–water partition coefficient (Wildman–Crippen LogP) is 2.07. The second kappa shape index (κ2) is 5.21. The molecule has 1 fully saturated rings. The lowest BCUT2D eigenvalue weighted by Gasteiger charge is -2.26. The van der Waals surface area contributed by atoms with Gasteiger partial charge in [0.25, 0.3) is 0 Å². The topological polar surface area (TPSA) is 57.6 Å². The highest BCUT2D eigenvalue weighted by Gasteiger charge is 2.43. The van der Waals surface area contributed by atoms with Gasteiger partial charge in [0.05, 0.1) is 12.0 Å². The lowest BCUT2D eigenvalue weighted by molar-refractivity contribution is -0.142. The van der Waals surface area contributed by atoms with E-state index in [1.807, 2.05) is 37.3 Å². The van der Waals surface area contributed by atoms with E-state index in [4.69, 9.17) is 0 Å². The molecule has 0 bridgehead atoms. The van der Waals surface area contributed by atoms with Crippen LogP contribution in [0.15, 0.2) is 30.3 Å². The molecule has 1 aromatic carbocycles. The Balaban J connectivity index is 2.36. The third kappa shape index (κ3) is 2.23. The first-order chi connectivity index (χ1) is 8.65. The lowest BCUT2D eigenvalue weighted by atomic mass is 9.94. The highest BCUT2D eigenvalue weighted by Crippen LogP contribution is 2.38. The van der Waals surface area contributed by atoms with Crippen LogP contribution in [0.5, 0.6) is 0 Å². The Morgan fingerprint density at radius 1 is 1.39 bits per heavy atom. The van der Waals surface area contributed by atoms with E-state index in [1.165, 1.54) is 0 Å². The summed E-state index contributed by atoms with van der Waals surface area (Å²) in [5.74, 6) is -1.58. The molecule has 2 rings (SSSR count). The first-order valence-electron chi connectivity index (χ1n) is 6.22. The average molecular weight is 247 g/mol. The van der Waals surface area contributed by atoms with Gasteiger partial charge in [0.2, 0.25) is 5.91 Å². The van der Waals surface area contributed by atoms with Crippen LogP contribution in [0.4, 0.5) is 0 Å². The van der Waals surface area contributed by atoms with Gasteiger partial charge in [-0.3, -0.25) is 9.59 Å². The van der Waals surface area contributed by atoms with Crippen LogP contribution in [0.25, 0.3) is 0 Å². The second-order valence-corrected chi connectivity index (χ2v) is 4.59. The van der Waals surface area contributed by atoms with Crippen LogP contribution in [-0.4, -0.2) is 28.4 Å². The number of likely N-dealkylation sites (tertiary alicyclic amines) is 1. The molecule has 1 N–H and O–H groups in total. The smallest absolute Gasteiger partial charge is 0.309 e. The van der Waals surface area contributed by atoms with Gasteiger partial charge in [-0.2, -0.15) is 0 Å². The normalized spacial score (nSPS) is 23.4. The van der Waals surface area contributed by atoms with Crippen LogP contribution in [0.3, 0.4) is 0 Å². The summed E-state index contributed by atoms with van der Waals surface area (Å²) in [4.78, 5) is 24.9. The monoisotopic (exact) mass is 247 g/mol. The number of aliphatic carboxylic acids is 1. The quantitative estimate of drug-likeness (QED) is 0.886. The van der Waals surface area contributed by atoms with Crippen molar-refractivity contribution in [2.75, 3.05) is 6.54 Å². The van der Waals surface area contributed by atoms with E-state index in [0.717, 1.165) is 12.0 Å². The predicted molar refractivity (Wildman–Crippen MR) is 66.9 cm³/mol. The number of hydrogen-bond donors (Lipinski definition) is 1. The number of carbonyl (C=O) groups is 2. The highest BCUT2D eigenvalue weighted by molar-refractivity contribution is 5.87. The molecule has 1 heterocycles. The zero-order valence-corrected chi connectivity index (χ0v) is 10.4. The van der Waals surface area contributed by atoms with Gasteiger partial charge < -0.3 is 10.0 Å². The molecule has 96 valence electrons. The minimum atomic E-state index is -0.893. The van der Waals surface area contributed by atoms with E-state index < -0.39 is 11.9 Å². The molecule has 0 spiro atoms. The molecular weight excluding hydrogens is 230 g/mol. The van der Waals surface area contributed by atoms with E-state index in [-0.39, 0.29) is 18.4 Å². The molecule has 0 unspecified atom stereocenters. The number of carboxylic acids is 1. The van der Waals surface area contributed by atoms with Gasteiger partial charge in [0.15, 0.2) is 0 Å². The van der Waals surface area contributed by atoms with Gasteiger partial charge in [-0.25, -0.2) is 0 Å². The van der Waals surface area contributed by atoms with E-state index in [2.05, 4.69) is 0 Å². The minimum Gasteiger partial charge on any atom is -0.481 e.